The van der Waals surface area contributed by atoms with Crippen LogP contribution in [0.1, 0.15) is 47.8 Å². The highest BCUT2D eigenvalue weighted by Crippen LogP contribution is 2.44. The summed E-state index contributed by atoms with van der Waals surface area (Å²) in [5.41, 5.74) is -2.12. The molecule has 1 aliphatic rings. The summed E-state index contributed by atoms with van der Waals surface area (Å²) in [5.74, 6) is 0. The van der Waals surface area contributed by atoms with E-state index < -0.39 is 50.2 Å². The van der Waals surface area contributed by atoms with E-state index >= 15 is 0 Å². The smallest absolute Gasteiger partial charge is 0.330 e. The maximum atomic E-state index is 12.1. The van der Waals surface area contributed by atoms with E-state index in [0.29, 0.717) is 0 Å². The van der Waals surface area contributed by atoms with Gasteiger partial charge in [-0.1, -0.05) is 41.5 Å². The SMILES string of the molecule is CC(C)[Si](OC[C@]1(CO)O[C@@H](n2ccc(=O)[nH]c2=O)[C@H](O)[C@@H]1O)(C(C)C)C(C)C. The molecule has 10 heteroatoms. The molecule has 1 aromatic heterocycles. The lowest BCUT2D eigenvalue weighted by Crippen LogP contribution is -2.56. The maximum Gasteiger partial charge on any atom is 0.330 e. The second-order valence-electron chi connectivity index (χ2n) is 8.79. The first kappa shape index (κ1) is 24.0. The van der Waals surface area contributed by atoms with Crippen molar-refractivity contribution in [2.45, 2.75) is 82.2 Å². The van der Waals surface area contributed by atoms with Gasteiger partial charge in [0.2, 0.25) is 0 Å². The van der Waals surface area contributed by atoms with Gasteiger partial charge >= 0.3 is 5.69 Å². The van der Waals surface area contributed by atoms with Gasteiger partial charge in [0, 0.05) is 12.3 Å². The van der Waals surface area contributed by atoms with Crippen LogP contribution in [0.4, 0.5) is 0 Å². The van der Waals surface area contributed by atoms with Crippen molar-refractivity contribution in [3.63, 3.8) is 0 Å². The van der Waals surface area contributed by atoms with Crippen LogP contribution in [0, 0.1) is 0 Å². The van der Waals surface area contributed by atoms with Crippen LogP contribution >= 0.6 is 0 Å². The molecule has 29 heavy (non-hydrogen) atoms. The first-order valence-corrected chi connectivity index (χ1v) is 12.2. The normalized spacial score (nSPS) is 28.1. The minimum Gasteiger partial charge on any atom is -0.413 e. The van der Waals surface area contributed by atoms with E-state index in [9.17, 15) is 24.9 Å². The average molecular weight is 431 g/mol. The number of rotatable bonds is 8. The van der Waals surface area contributed by atoms with Crippen LogP contribution < -0.4 is 11.2 Å². The number of aliphatic hydroxyl groups is 3. The lowest BCUT2D eigenvalue weighted by Gasteiger charge is -2.44. The predicted octanol–water partition coefficient (Wildman–Crippen LogP) is 0.710. The molecule has 4 N–H and O–H groups in total. The molecule has 166 valence electrons. The van der Waals surface area contributed by atoms with Crippen LogP contribution in [0.15, 0.2) is 21.9 Å². The number of hydrogen-bond acceptors (Lipinski definition) is 7. The van der Waals surface area contributed by atoms with Gasteiger partial charge in [-0.3, -0.25) is 14.3 Å². The molecule has 0 saturated carbocycles. The highest BCUT2D eigenvalue weighted by molar-refractivity contribution is 6.77. The lowest BCUT2D eigenvalue weighted by molar-refractivity contribution is -0.148. The van der Waals surface area contributed by atoms with Crippen molar-refractivity contribution in [1.29, 1.82) is 0 Å². The van der Waals surface area contributed by atoms with Crippen LogP contribution in [0.2, 0.25) is 16.6 Å². The van der Waals surface area contributed by atoms with E-state index in [1.54, 1.807) is 0 Å². The fourth-order valence-electron chi connectivity index (χ4n) is 4.74. The summed E-state index contributed by atoms with van der Waals surface area (Å²) in [7, 11) is -2.33. The zero-order chi connectivity index (χ0) is 22.1. The van der Waals surface area contributed by atoms with E-state index in [4.69, 9.17) is 9.16 Å². The summed E-state index contributed by atoms with van der Waals surface area (Å²) in [4.78, 5) is 25.5. The number of aliphatic hydroxyl groups excluding tert-OH is 3. The molecule has 1 saturated heterocycles. The first-order chi connectivity index (χ1) is 13.4. The predicted molar refractivity (Wildman–Crippen MR) is 110 cm³/mol. The second kappa shape index (κ2) is 8.82. The van der Waals surface area contributed by atoms with E-state index in [0.717, 1.165) is 10.6 Å². The fourth-order valence-corrected chi connectivity index (χ4v) is 10.2. The summed E-state index contributed by atoms with van der Waals surface area (Å²) >= 11 is 0. The topological polar surface area (TPSA) is 134 Å². The molecule has 0 aliphatic carbocycles. The first-order valence-electron chi connectivity index (χ1n) is 10.0. The van der Waals surface area contributed by atoms with Crippen molar-refractivity contribution < 1.29 is 24.5 Å². The van der Waals surface area contributed by atoms with Crippen molar-refractivity contribution in [3.05, 3.63) is 33.1 Å². The van der Waals surface area contributed by atoms with Crippen molar-refractivity contribution in [2.75, 3.05) is 13.2 Å². The van der Waals surface area contributed by atoms with Gasteiger partial charge in [0.05, 0.1) is 13.2 Å². The van der Waals surface area contributed by atoms with Crippen molar-refractivity contribution in [2.24, 2.45) is 0 Å². The highest BCUT2D eigenvalue weighted by Gasteiger charge is 2.57. The molecule has 0 spiro atoms. The van der Waals surface area contributed by atoms with Gasteiger partial charge in [0.1, 0.15) is 17.8 Å². The summed E-state index contributed by atoms with van der Waals surface area (Å²) in [6.07, 6.45) is -3.04. The Kier molecular flexibility index (Phi) is 7.29. The van der Waals surface area contributed by atoms with Crippen molar-refractivity contribution >= 4 is 8.32 Å². The molecule has 1 fully saturated rings. The minimum atomic E-state index is -2.33. The Morgan fingerprint density at radius 1 is 1.17 bits per heavy atom. The molecule has 0 amide bonds. The molecular formula is C19H34N2O7Si. The molecule has 1 aliphatic heterocycles. The Morgan fingerprint density at radius 3 is 2.17 bits per heavy atom. The van der Waals surface area contributed by atoms with E-state index in [1.807, 2.05) is 0 Å². The molecule has 4 atom stereocenters. The molecule has 2 heterocycles. The van der Waals surface area contributed by atoms with Crippen LogP contribution in [0.3, 0.4) is 0 Å². The number of aromatic amines is 1. The van der Waals surface area contributed by atoms with Crippen LogP contribution in [-0.2, 0) is 9.16 Å². The quantitative estimate of drug-likeness (QED) is 0.446. The largest absolute Gasteiger partial charge is 0.413 e. The van der Waals surface area contributed by atoms with Crippen molar-refractivity contribution in [1.82, 2.24) is 9.55 Å². The van der Waals surface area contributed by atoms with E-state index in [1.165, 1.54) is 6.20 Å². The Labute approximate surface area is 171 Å². The third kappa shape index (κ3) is 4.14. The van der Waals surface area contributed by atoms with Gasteiger partial charge in [-0.25, -0.2) is 4.79 Å². The van der Waals surface area contributed by atoms with Crippen LogP contribution in [0.5, 0.6) is 0 Å². The van der Waals surface area contributed by atoms with E-state index in [2.05, 4.69) is 46.5 Å². The third-order valence-corrected chi connectivity index (χ3v) is 12.2. The number of H-pyrrole nitrogens is 1. The summed E-state index contributed by atoms with van der Waals surface area (Å²) in [5, 5.41) is 31.3. The van der Waals surface area contributed by atoms with Crippen LogP contribution in [-0.4, -0.2) is 64.2 Å². The number of ether oxygens (including phenoxy) is 1. The average Bonchev–Trinajstić information content (AvgIpc) is 2.87. The standard InChI is InChI=1S/C19H34N2O7Si/c1-11(2)29(12(3)4,13(5)6)27-10-19(9-22)16(25)15(24)17(28-19)21-8-7-14(23)20-18(21)26/h7-8,11-13,15-17,22,24-25H,9-10H2,1-6H3,(H,20,23,26)/t15-,16+,17-,19+/m1/s1. The number of hydrogen-bond donors (Lipinski definition) is 4. The Bertz CT molecular complexity index is 784. The lowest BCUT2D eigenvalue weighted by atomic mass is 9.97. The Morgan fingerprint density at radius 2 is 1.72 bits per heavy atom. The molecule has 9 nitrogen and oxygen atoms in total. The molecule has 0 radical (unpaired) electrons. The number of nitrogens with one attached hydrogen (secondary N) is 1. The highest BCUT2D eigenvalue weighted by atomic mass is 28.4. The molecule has 0 unspecified atom stereocenters. The third-order valence-electron chi connectivity index (χ3n) is 6.18. The molecule has 2 rings (SSSR count). The van der Waals surface area contributed by atoms with Gasteiger partial charge in [-0.2, -0.15) is 0 Å². The zero-order valence-corrected chi connectivity index (χ0v) is 19.0. The minimum absolute atomic E-state index is 0.114. The molecule has 1 aromatic rings. The van der Waals surface area contributed by atoms with Gasteiger partial charge in [-0.15, -0.1) is 0 Å². The zero-order valence-electron chi connectivity index (χ0n) is 18.0. The Hall–Kier alpha value is -1.30. The summed E-state index contributed by atoms with van der Waals surface area (Å²) in [6, 6.07) is 1.12. The maximum absolute atomic E-state index is 12.1. The van der Waals surface area contributed by atoms with E-state index in [-0.39, 0.29) is 23.2 Å². The van der Waals surface area contributed by atoms with Gasteiger partial charge in [0.25, 0.3) is 5.56 Å². The monoisotopic (exact) mass is 430 g/mol. The van der Waals surface area contributed by atoms with Gasteiger partial charge in [0.15, 0.2) is 14.5 Å². The van der Waals surface area contributed by atoms with Gasteiger partial charge < -0.3 is 24.5 Å². The fraction of sp³-hybridized carbons (Fsp3) is 0.789. The summed E-state index contributed by atoms with van der Waals surface area (Å²) in [6.45, 7) is 12.0. The molecule has 0 bridgehead atoms. The van der Waals surface area contributed by atoms with Gasteiger partial charge in [-0.05, 0) is 16.6 Å². The number of nitrogens with zero attached hydrogens (tertiary/aromatic N) is 1. The number of aromatic nitrogens is 2. The second-order valence-corrected chi connectivity index (χ2v) is 14.3. The molecular weight excluding hydrogens is 396 g/mol. The summed E-state index contributed by atoms with van der Waals surface area (Å²) < 4.78 is 13.3. The van der Waals surface area contributed by atoms with Crippen LogP contribution in [0.25, 0.3) is 0 Å². The Balaban J connectivity index is 2.37. The molecule has 0 aromatic carbocycles. The van der Waals surface area contributed by atoms with Crippen molar-refractivity contribution in [3.8, 4) is 0 Å².